The molecule has 0 N–H and O–H groups in total. The van der Waals surface area contributed by atoms with Gasteiger partial charge in [0.25, 0.3) is 0 Å². The van der Waals surface area contributed by atoms with Gasteiger partial charge in [0.15, 0.2) is 7.14 Å². The molecule has 0 radical (unpaired) electrons. The van der Waals surface area contributed by atoms with Crippen molar-refractivity contribution in [3.05, 3.63) is 181 Å². The minimum absolute atomic E-state index is 0.0834. The number of para-hydroxylation sites is 2. The second-order valence-electron chi connectivity index (χ2n) is 12.7. The number of thiophene rings is 1. The Balaban J connectivity index is 1.16. The molecule has 2 aliphatic heterocycles. The van der Waals surface area contributed by atoms with E-state index in [0.29, 0.717) is 0 Å². The topological polar surface area (TPSA) is 20.3 Å². The molecule has 2 unspecified atom stereocenters. The van der Waals surface area contributed by atoms with Gasteiger partial charge >= 0.3 is 0 Å². The van der Waals surface area contributed by atoms with E-state index in [1.165, 1.54) is 31.3 Å². The summed E-state index contributed by atoms with van der Waals surface area (Å²) >= 11 is 1.85. The van der Waals surface area contributed by atoms with E-state index in [1.807, 2.05) is 17.4 Å². The summed E-state index contributed by atoms with van der Waals surface area (Å²) in [5.41, 5.74) is 9.89. The van der Waals surface area contributed by atoms with E-state index in [9.17, 15) is 0 Å². The lowest BCUT2D eigenvalue weighted by atomic mass is 9.95. The lowest BCUT2D eigenvalue weighted by molar-refractivity contribution is 0.583. The molecular weight excluding hydrogens is 622 g/mol. The average molecular weight is 652 g/mol. The Bertz CT molecular complexity index is 2590. The van der Waals surface area contributed by atoms with E-state index in [1.54, 1.807) is 0 Å². The second kappa shape index (κ2) is 10.7. The van der Waals surface area contributed by atoms with E-state index >= 15 is 4.57 Å². The third kappa shape index (κ3) is 3.95. The predicted molar refractivity (Wildman–Crippen MR) is 206 cm³/mol. The van der Waals surface area contributed by atoms with Crippen LogP contribution in [0.5, 0.6) is 0 Å². The van der Waals surface area contributed by atoms with Crippen molar-refractivity contribution in [3.63, 3.8) is 0 Å². The first-order valence-electron chi connectivity index (χ1n) is 16.5. The molecule has 48 heavy (non-hydrogen) atoms. The lowest BCUT2D eigenvalue weighted by Gasteiger charge is -2.30. The van der Waals surface area contributed by atoms with E-state index in [2.05, 4.69) is 163 Å². The van der Waals surface area contributed by atoms with E-state index in [-0.39, 0.29) is 5.66 Å². The van der Waals surface area contributed by atoms with Crippen LogP contribution in [0.4, 0.5) is 17.1 Å². The smallest absolute Gasteiger partial charge is 0.151 e. The molecule has 3 aliphatic rings. The molecule has 0 amide bonds. The number of hydrogen-bond acceptors (Lipinski definition) is 3. The van der Waals surface area contributed by atoms with Crippen molar-refractivity contribution >= 4 is 71.9 Å². The number of anilines is 3. The summed E-state index contributed by atoms with van der Waals surface area (Å²) in [5.74, 6) is 0. The van der Waals surface area contributed by atoms with Crippen LogP contribution in [-0.2, 0) is 4.57 Å². The van der Waals surface area contributed by atoms with Crippen molar-refractivity contribution in [2.75, 3.05) is 4.90 Å². The van der Waals surface area contributed by atoms with Gasteiger partial charge in [0, 0.05) is 58.8 Å². The molecule has 3 heterocycles. The summed E-state index contributed by atoms with van der Waals surface area (Å²) in [6, 6.07) is 50.0. The zero-order valence-corrected chi connectivity index (χ0v) is 27.8. The minimum Gasteiger partial charge on any atom is -0.313 e. The number of fused-ring (bicyclic) bond motifs is 9. The SMILES string of the molecule is O=P1(C2C=CC=CC2)C2=C(c3ccccc3N(c3ccc(-c4ccc5sc6ccccc6c5c4)cc3)c3ccccc32)c2ccccc21. The lowest BCUT2D eigenvalue weighted by Crippen LogP contribution is -2.18. The molecule has 1 aliphatic carbocycles. The predicted octanol–water partition coefficient (Wildman–Crippen LogP) is 12.3. The van der Waals surface area contributed by atoms with Crippen LogP contribution in [0.15, 0.2) is 164 Å². The molecule has 4 heteroatoms. The van der Waals surface area contributed by atoms with Crippen molar-refractivity contribution in [2.45, 2.75) is 12.1 Å². The summed E-state index contributed by atoms with van der Waals surface area (Å²) in [4.78, 5) is 2.37. The highest BCUT2D eigenvalue weighted by Gasteiger charge is 2.48. The quantitative estimate of drug-likeness (QED) is 0.177. The van der Waals surface area contributed by atoms with Gasteiger partial charge in [-0.3, -0.25) is 0 Å². The van der Waals surface area contributed by atoms with Crippen LogP contribution in [0.1, 0.15) is 23.1 Å². The highest BCUT2D eigenvalue weighted by Crippen LogP contribution is 2.72. The average Bonchev–Trinajstić information content (AvgIpc) is 3.61. The third-order valence-electron chi connectivity index (χ3n) is 10.2. The maximum atomic E-state index is 15.9. The van der Waals surface area contributed by atoms with E-state index in [4.69, 9.17) is 0 Å². The van der Waals surface area contributed by atoms with E-state index in [0.717, 1.165) is 56.4 Å². The largest absolute Gasteiger partial charge is 0.313 e. The molecule has 7 aromatic rings. The Hall–Kier alpha value is -5.21. The summed E-state index contributed by atoms with van der Waals surface area (Å²) in [7, 11) is -3.07. The van der Waals surface area contributed by atoms with Crippen LogP contribution < -0.4 is 10.2 Å². The Labute approximate surface area is 284 Å². The number of nitrogens with zero attached hydrogens (tertiary/aromatic N) is 1. The van der Waals surface area contributed by atoms with Crippen molar-refractivity contribution in [2.24, 2.45) is 0 Å². The molecule has 0 bridgehead atoms. The van der Waals surface area contributed by atoms with Gasteiger partial charge in [-0.25, -0.2) is 0 Å². The molecular formula is C44H30NOPS. The van der Waals surface area contributed by atoms with Crippen LogP contribution in [0.3, 0.4) is 0 Å². The normalized spacial score (nSPS) is 19.2. The summed E-state index contributed by atoms with van der Waals surface area (Å²) in [5, 5.41) is 4.60. The van der Waals surface area contributed by atoms with E-state index < -0.39 is 7.14 Å². The number of benzene rings is 6. The summed E-state index contributed by atoms with van der Waals surface area (Å²) < 4.78 is 18.6. The summed E-state index contributed by atoms with van der Waals surface area (Å²) in [6.07, 6.45) is 9.23. The van der Waals surface area contributed by atoms with Crippen LogP contribution >= 0.6 is 18.5 Å². The zero-order chi connectivity index (χ0) is 31.8. The van der Waals surface area contributed by atoms with Crippen molar-refractivity contribution in [3.8, 4) is 11.1 Å². The molecule has 0 saturated carbocycles. The Morgan fingerprint density at radius 2 is 1.27 bits per heavy atom. The van der Waals surface area contributed by atoms with Gasteiger partial charge in [0.05, 0.1) is 11.4 Å². The monoisotopic (exact) mass is 651 g/mol. The maximum Gasteiger partial charge on any atom is 0.151 e. The molecule has 228 valence electrons. The van der Waals surface area contributed by atoms with Crippen LogP contribution in [0, 0.1) is 0 Å². The Kier molecular flexibility index (Phi) is 6.18. The number of hydrogen-bond donors (Lipinski definition) is 0. The van der Waals surface area contributed by atoms with Gasteiger partial charge in [0.1, 0.15) is 0 Å². The maximum absolute atomic E-state index is 15.9. The van der Waals surface area contributed by atoms with Gasteiger partial charge in [-0.15, -0.1) is 11.3 Å². The number of allylic oxidation sites excluding steroid dienone is 4. The van der Waals surface area contributed by atoms with Crippen LogP contribution in [0.25, 0.3) is 42.2 Å². The summed E-state index contributed by atoms with van der Waals surface area (Å²) in [6.45, 7) is 0. The van der Waals surface area contributed by atoms with Crippen molar-refractivity contribution in [1.29, 1.82) is 0 Å². The standard InChI is InChI=1S/C44H30NOPS/c46-47(32-12-2-1-3-13-32)40-20-10-6-17-36(40)43-34-15-4-8-18-38(34)45(39-19-9-5-16-35(39)44(43)47)31-25-22-29(23-26-31)30-24-27-42-37(28-30)33-14-7-11-21-41(33)48-42/h1-12,14-28,32H,13H2. The third-order valence-corrected chi connectivity index (χ3v) is 14.9. The Morgan fingerprint density at radius 1 is 0.604 bits per heavy atom. The fourth-order valence-electron chi connectivity index (χ4n) is 8.02. The molecule has 10 rings (SSSR count). The minimum atomic E-state index is -3.07. The number of rotatable bonds is 3. The molecule has 0 spiro atoms. The first-order chi connectivity index (χ1) is 23.7. The first kappa shape index (κ1) is 27.9. The molecule has 0 saturated heterocycles. The van der Waals surface area contributed by atoms with Crippen LogP contribution in [-0.4, -0.2) is 5.66 Å². The fourth-order valence-corrected chi connectivity index (χ4v) is 12.8. The molecule has 6 aromatic carbocycles. The second-order valence-corrected chi connectivity index (χ2v) is 16.7. The van der Waals surface area contributed by atoms with Gasteiger partial charge in [-0.05, 0) is 65.6 Å². The van der Waals surface area contributed by atoms with Gasteiger partial charge in [0.2, 0.25) is 0 Å². The van der Waals surface area contributed by atoms with Crippen molar-refractivity contribution in [1.82, 2.24) is 0 Å². The molecule has 0 fully saturated rings. The van der Waals surface area contributed by atoms with Crippen LogP contribution in [0.2, 0.25) is 0 Å². The van der Waals surface area contributed by atoms with Gasteiger partial charge in [-0.2, -0.15) is 0 Å². The highest BCUT2D eigenvalue weighted by atomic mass is 32.1. The Morgan fingerprint density at radius 3 is 2.08 bits per heavy atom. The highest BCUT2D eigenvalue weighted by molar-refractivity contribution is 7.83. The van der Waals surface area contributed by atoms with Gasteiger partial charge < -0.3 is 9.46 Å². The zero-order valence-electron chi connectivity index (χ0n) is 26.1. The molecule has 2 nitrogen and oxygen atoms in total. The van der Waals surface area contributed by atoms with Crippen molar-refractivity contribution < 1.29 is 4.57 Å². The van der Waals surface area contributed by atoms with Gasteiger partial charge in [-0.1, -0.05) is 121 Å². The molecule has 1 aromatic heterocycles. The fraction of sp³-hybridized carbons (Fsp3) is 0.0455. The molecule has 2 atom stereocenters. The first-order valence-corrected chi connectivity index (χ1v) is 19.1.